The number of aromatic nitrogens is 4. The molecule has 5 rings (SSSR count). The highest BCUT2D eigenvalue weighted by Crippen LogP contribution is 2.39. The molecule has 3 atom stereocenters. The minimum atomic E-state index is -0.294. The third-order valence-corrected chi connectivity index (χ3v) is 6.26. The molecule has 1 fully saturated rings. The van der Waals surface area contributed by atoms with Crippen LogP contribution in [0.15, 0.2) is 49.1 Å². The normalized spacial score (nSPS) is 21.9. The van der Waals surface area contributed by atoms with Gasteiger partial charge in [-0.3, -0.25) is 4.98 Å². The second-order valence-electron chi connectivity index (χ2n) is 8.25. The van der Waals surface area contributed by atoms with Gasteiger partial charge in [-0.2, -0.15) is 0 Å². The van der Waals surface area contributed by atoms with Crippen molar-refractivity contribution >= 4 is 27.8 Å². The van der Waals surface area contributed by atoms with Crippen LogP contribution in [0.4, 0.5) is 5.82 Å². The van der Waals surface area contributed by atoms with Crippen LogP contribution in [0.25, 0.3) is 21.9 Å². The van der Waals surface area contributed by atoms with E-state index in [1.165, 1.54) is 22.8 Å². The highest BCUT2D eigenvalue weighted by Gasteiger charge is 2.34. The summed E-state index contributed by atoms with van der Waals surface area (Å²) in [6, 6.07) is 10.9. The van der Waals surface area contributed by atoms with E-state index in [2.05, 4.69) is 50.7 Å². The Morgan fingerprint density at radius 1 is 1.14 bits per heavy atom. The number of nitrogens with two attached hydrogens (primary N) is 1. The molecule has 4 aromatic rings. The minimum Gasteiger partial charge on any atom is -0.393 e. The van der Waals surface area contributed by atoms with Gasteiger partial charge in [0.15, 0.2) is 0 Å². The Labute approximate surface area is 169 Å². The quantitative estimate of drug-likeness (QED) is 0.556. The van der Waals surface area contributed by atoms with Gasteiger partial charge in [-0.15, -0.1) is 0 Å². The van der Waals surface area contributed by atoms with Crippen LogP contribution >= 0.6 is 0 Å². The molecular formula is C23H25N5O. The predicted octanol–water partition coefficient (Wildman–Crippen LogP) is 3.81. The van der Waals surface area contributed by atoms with E-state index in [1.54, 1.807) is 0 Å². The van der Waals surface area contributed by atoms with Crippen LogP contribution < -0.4 is 5.73 Å². The van der Waals surface area contributed by atoms with E-state index in [4.69, 9.17) is 5.73 Å². The SMILES string of the molecule is Cc1cnc2cc(CCC3CC(n4ccc5c(N)ncnc54)CC3O)ccc2c1. The monoisotopic (exact) mass is 387 g/mol. The number of benzene rings is 1. The molecule has 3 aromatic heterocycles. The van der Waals surface area contributed by atoms with Crippen molar-refractivity contribution in [2.24, 2.45) is 5.92 Å². The molecule has 1 aromatic carbocycles. The van der Waals surface area contributed by atoms with E-state index >= 15 is 0 Å². The molecule has 29 heavy (non-hydrogen) atoms. The fraction of sp³-hybridized carbons (Fsp3) is 0.348. The van der Waals surface area contributed by atoms with E-state index in [-0.39, 0.29) is 18.1 Å². The highest BCUT2D eigenvalue weighted by molar-refractivity contribution is 5.86. The van der Waals surface area contributed by atoms with Crippen LogP contribution in [0.2, 0.25) is 0 Å². The van der Waals surface area contributed by atoms with Crippen molar-refractivity contribution in [3.63, 3.8) is 0 Å². The van der Waals surface area contributed by atoms with Gasteiger partial charge >= 0.3 is 0 Å². The Morgan fingerprint density at radius 3 is 2.93 bits per heavy atom. The first-order valence-electron chi connectivity index (χ1n) is 10.2. The number of pyridine rings is 1. The summed E-state index contributed by atoms with van der Waals surface area (Å²) in [6.45, 7) is 2.06. The van der Waals surface area contributed by atoms with E-state index in [1.807, 2.05) is 18.5 Å². The van der Waals surface area contributed by atoms with Gasteiger partial charge in [0.2, 0.25) is 0 Å². The van der Waals surface area contributed by atoms with Crippen LogP contribution in [-0.4, -0.2) is 30.7 Å². The van der Waals surface area contributed by atoms with Gasteiger partial charge in [-0.25, -0.2) is 9.97 Å². The van der Waals surface area contributed by atoms with Crippen LogP contribution in [0, 0.1) is 12.8 Å². The number of nitrogens with zero attached hydrogens (tertiary/aromatic N) is 4. The summed E-state index contributed by atoms with van der Waals surface area (Å²) in [5, 5.41) is 12.7. The van der Waals surface area contributed by atoms with Crippen molar-refractivity contribution in [2.45, 2.75) is 44.8 Å². The average molecular weight is 387 g/mol. The number of nitrogen functional groups attached to an aromatic ring is 1. The van der Waals surface area contributed by atoms with Gasteiger partial charge in [0.05, 0.1) is 17.0 Å². The summed E-state index contributed by atoms with van der Waals surface area (Å²) < 4.78 is 2.15. The van der Waals surface area contributed by atoms with Crippen molar-refractivity contribution in [3.8, 4) is 0 Å². The first-order valence-corrected chi connectivity index (χ1v) is 10.2. The largest absolute Gasteiger partial charge is 0.393 e. The molecule has 6 heteroatoms. The summed E-state index contributed by atoms with van der Waals surface area (Å²) in [5.41, 5.74) is 10.3. The smallest absolute Gasteiger partial charge is 0.145 e. The Balaban J connectivity index is 1.30. The molecule has 1 saturated carbocycles. The molecule has 0 spiro atoms. The first-order chi connectivity index (χ1) is 14.1. The van der Waals surface area contributed by atoms with Crippen LogP contribution in [0.1, 0.15) is 36.4 Å². The molecule has 0 bridgehead atoms. The van der Waals surface area contributed by atoms with Crippen molar-refractivity contribution in [1.29, 1.82) is 0 Å². The van der Waals surface area contributed by atoms with Gasteiger partial charge in [0.25, 0.3) is 0 Å². The Hall–Kier alpha value is -2.99. The Morgan fingerprint density at radius 2 is 2.03 bits per heavy atom. The van der Waals surface area contributed by atoms with Crippen LogP contribution in [0.5, 0.6) is 0 Å². The van der Waals surface area contributed by atoms with Crippen molar-refractivity contribution in [3.05, 3.63) is 60.2 Å². The second-order valence-corrected chi connectivity index (χ2v) is 8.25. The van der Waals surface area contributed by atoms with Gasteiger partial charge in [-0.1, -0.05) is 12.1 Å². The fourth-order valence-electron chi connectivity index (χ4n) is 4.68. The maximum Gasteiger partial charge on any atom is 0.145 e. The molecule has 0 amide bonds. The third-order valence-electron chi connectivity index (χ3n) is 6.26. The zero-order chi connectivity index (χ0) is 20.0. The van der Waals surface area contributed by atoms with Crippen LogP contribution in [-0.2, 0) is 6.42 Å². The number of anilines is 1. The zero-order valence-corrected chi connectivity index (χ0v) is 16.5. The number of hydrogen-bond donors (Lipinski definition) is 2. The zero-order valence-electron chi connectivity index (χ0n) is 16.5. The van der Waals surface area contributed by atoms with Crippen molar-refractivity contribution in [1.82, 2.24) is 19.5 Å². The van der Waals surface area contributed by atoms with E-state index in [0.717, 1.165) is 42.2 Å². The van der Waals surface area contributed by atoms with Crippen molar-refractivity contribution < 1.29 is 5.11 Å². The number of aliphatic hydroxyl groups excluding tert-OH is 1. The molecule has 0 saturated heterocycles. The summed E-state index contributed by atoms with van der Waals surface area (Å²) in [5.74, 6) is 0.780. The molecule has 3 unspecified atom stereocenters. The van der Waals surface area contributed by atoms with Gasteiger partial charge in [0.1, 0.15) is 17.8 Å². The van der Waals surface area contributed by atoms with Gasteiger partial charge in [-0.05, 0) is 67.9 Å². The van der Waals surface area contributed by atoms with E-state index in [0.29, 0.717) is 5.82 Å². The second kappa shape index (κ2) is 7.12. The number of hydrogen-bond acceptors (Lipinski definition) is 5. The van der Waals surface area contributed by atoms with Crippen molar-refractivity contribution in [2.75, 3.05) is 5.73 Å². The van der Waals surface area contributed by atoms with Gasteiger partial charge < -0.3 is 15.4 Å². The maximum absolute atomic E-state index is 10.7. The standard InChI is InChI=1S/C23H25N5O/c1-14-8-16-4-2-15(9-20(16)25-12-14)3-5-17-10-18(11-21(17)29)28-7-6-19-22(24)26-13-27-23(19)28/h2,4,6-9,12-13,17-18,21,29H,3,5,10-11H2,1H3,(H2,24,26,27). The maximum atomic E-state index is 10.7. The number of aliphatic hydroxyl groups is 1. The summed E-state index contributed by atoms with van der Waals surface area (Å²) in [4.78, 5) is 13.0. The molecular weight excluding hydrogens is 362 g/mol. The Bertz CT molecular complexity index is 1180. The first kappa shape index (κ1) is 18.1. The molecule has 0 radical (unpaired) electrons. The fourth-order valence-corrected chi connectivity index (χ4v) is 4.68. The molecule has 1 aliphatic rings. The minimum absolute atomic E-state index is 0.239. The number of rotatable bonds is 4. The molecule has 148 valence electrons. The Kier molecular flexibility index (Phi) is 4.43. The lowest BCUT2D eigenvalue weighted by Gasteiger charge is -2.15. The molecule has 3 N–H and O–H groups in total. The molecule has 0 aliphatic heterocycles. The lowest BCUT2D eigenvalue weighted by molar-refractivity contribution is 0.127. The lowest BCUT2D eigenvalue weighted by Crippen LogP contribution is -2.13. The predicted molar refractivity (Wildman–Crippen MR) is 115 cm³/mol. The molecule has 6 nitrogen and oxygen atoms in total. The average Bonchev–Trinajstić information content (AvgIpc) is 3.30. The van der Waals surface area contributed by atoms with E-state index in [9.17, 15) is 5.11 Å². The summed E-state index contributed by atoms with van der Waals surface area (Å²) >= 11 is 0. The number of fused-ring (bicyclic) bond motifs is 2. The topological polar surface area (TPSA) is 89.9 Å². The third kappa shape index (κ3) is 3.34. The molecule has 1 aliphatic carbocycles. The molecule has 3 heterocycles. The summed E-state index contributed by atoms with van der Waals surface area (Å²) in [6.07, 6.45) is 8.75. The van der Waals surface area contributed by atoms with E-state index < -0.39 is 0 Å². The van der Waals surface area contributed by atoms with Crippen LogP contribution in [0.3, 0.4) is 0 Å². The lowest BCUT2D eigenvalue weighted by atomic mass is 9.96. The highest BCUT2D eigenvalue weighted by atomic mass is 16.3. The summed E-state index contributed by atoms with van der Waals surface area (Å²) in [7, 11) is 0. The van der Waals surface area contributed by atoms with Gasteiger partial charge in [0, 0.05) is 23.8 Å². The number of aryl methyl sites for hydroxylation is 2.